The summed E-state index contributed by atoms with van der Waals surface area (Å²) in [5.41, 5.74) is -1.44. The van der Waals surface area contributed by atoms with Crippen LogP contribution >= 0.6 is 11.6 Å². The second-order valence-corrected chi connectivity index (χ2v) is 4.13. The summed E-state index contributed by atoms with van der Waals surface area (Å²) in [7, 11) is 0. The fourth-order valence-corrected chi connectivity index (χ4v) is 2.16. The molecule has 0 spiro atoms. The lowest BCUT2D eigenvalue weighted by molar-refractivity contribution is -0.0804. The van der Waals surface area contributed by atoms with Gasteiger partial charge in [-0.1, -0.05) is 17.7 Å². The molecular weight excluding hydrogens is 224 g/mol. The van der Waals surface area contributed by atoms with Crippen LogP contribution in [0.15, 0.2) is 18.2 Å². The van der Waals surface area contributed by atoms with Gasteiger partial charge in [0.15, 0.2) is 5.67 Å². The molecule has 1 aliphatic rings. The van der Waals surface area contributed by atoms with Gasteiger partial charge in [0.25, 0.3) is 0 Å². The average Bonchev–Trinajstić information content (AvgIpc) is 2.46. The first kappa shape index (κ1) is 10.8. The van der Waals surface area contributed by atoms with Crippen molar-refractivity contribution in [3.05, 3.63) is 34.6 Å². The zero-order chi connectivity index (χ0) is 11.1. The topological polar surface area (TPSA) is 23.5 Å². The number of hydrogen-bond donors (Lipinski definition) is 1. The Morgan fingerprint density at radius 3 is 2.73 bits per heavy atom. The van der Waals surface area contributed by atoms with Gasteiger partial charge in [-0.3, -0.25) is 0 Å². The molecule has 0 amide bonds. The van der Waals surface area contributed by atoms with Crippen molar-refractivity contribution in [2.75, 3.05) is 13.1 Å². The molecular formula is C10H10ClF2NO. The van der Waals surface area contributed by atoms with Gasteiger partial charge < -0.3 is 5.21 Å². The Hall–Kier alpha value is -0.710. The fraction of sp³-hybridized carbons (Fsp3) is 0.400. The fourth-order valence-electron chi connectivity index (χ4n) is 1.83. The number of halogens is 3. The van der Waals surface area contributed by atoms with Crippen LogP contribution in [0.25, 0.3) is 0 Å². The average molecular weight is 234 g/mol. The molecule has 15 heavy (non-hydrogen) atoms. The van der Waals surface area contributed by atoms with E-state index in [1.165, 1.54) is 12.1 Å². The van der Waals surface area contributed by atoms with Crippen molar-refractivity contribution in [2.24, 2.45) is 0 Å². The van der Waals surface area contributed by atoms with E-state index in [4.69, 9.17) is 16.8 Å². The molecule has 0 aliphatic carbocycles. The van der Waals surface area contributed by atoms with E-state index in [1.54, 1.807) is 0 Å². The van der Waals surface area contributed by atoms with Crippen molar-refractivity contribution in [3.8, 4) is 0 Å². The second-order valence-electron chi connectivity index (χ2n) is 3.73. The molecule has 1 aliphatic heterocycles. The molecule has 2 nitrogen and oxygen atoms in total. The zero-order valence-electron chi connectivity index (χ0n) is 7.88. The van der Waals surface area contributed by atoms with Crippen molar-refractivity contribution >= 4 is 11.6 Å². The smallest absolute Gasteiger partial charge is 0.153 e. The van der Waals surface area contributed by atoms with Crippen LogP contribution < -0.4 is 0 Å². The summed E-state index contributed by atoms with van der Waals surface area (Å²) in [5.74, 6) is -0.494. The molecule has 0 radical (unpaired) electrons. The lowest BCUT2D eigenvalue weighted by Crippen LogP contribution is -2.25. The van der Waals surface area contributed by atoms with Crippen LogP contribution in [0, 0.1) is 5.82 Å². The molecule has 1 fully saturated rings. The van der Waals surface area contributed by atoms with Gasteiger partial charge >= 0.3 is 0 Å². The molecule has 5 heteroatoms. The standard InChI is InChI=1S/C10H10ClF2NO/c11-9-5-7(12)1-2-8(9)10(13)3-4-14(15)6-10/h1-2,5,15H,3-4,6H2. The normalized spacial score (nSPS) is 27.2. The number of rotatable bonds is 1. The monoisotopic (exact) mass is 233 g/mol. The SMILES string of the molecule is ON1CCC(F)(c2ccc(F)cc2Cl)C1. The van der Waals surface area contributed by atoms with Crippen LogP contribution in [-0.2, 0) is 5.67 Å². The predicted octanol–water partition coefficient (Wildman–Crippen LogP) is 2.74. The lowest BCUT2D eigenvalue weighted by Gasteiger charge is -2.20. The Morgan fingerprint density at radius 1 is 1.47 bits per heavy atom. The highest BCUT2D eigenvalue weighted by molar-refractivity contribution is 6.31. The summed E-state index contributed by atoms with van der Waals surface area (Å²) in [5, 5.41) is 10.1. The maximum absolute atomic E-state index is 14.3. The highest BCUT2D eigenvalue weighted by Crippen LogP contribution is 2.39. The van der Waals surface area contributed by atoms with Crippen molar-refractivity contribution in [1.82, 2.24) is 5.06 Å². The third-order valence-electron chi connectivity index (χ3n) is 2.61. The first-order chi connectivity index (χ1) is 7.01. The van der Waals surface area contributed by atoms with Gasteiger partial charge in [0.1, 0.15) is 5.82 Å². The Labute approximate surface area is 91.0 Å². The summed E-state index contributed by atoms with van der Waals surface area (Å²) in [6, 6.07) is 3.58. The maximum Gasteiger partial charge on any atom is 0.153 e. The van der Waals surface area contributed by atoms with Gasteiger partial charge in [-0.2, -0.15) is 5.06 Å². The lowest BCUT2D eigenvalue weighted by atomic mass is 9.95. The third kappa shape index (κ3) is 1.97. The van der Waals surface area contributed by atoms with Gasteiger partial charge in [-0.05, 0) is 12.1 Å². The Kier molecular flexibility index (Phi) is 2.66. The molecule has 82 valence electrons. The van der Waals surface area contributed by atoms with E-state index < -0.39 is 11.5 Å². The first-order valence-corrected chi connectivity index (χ1v) is 4.97. The van der Waals surface area contributed by atoms with Crippen LogP contribution in [-0.4, -0.2) is 23.4 Å². The minimum Gasteiger partial charge on any atom is -0.314 e. The van der Waals surface area contributed by atoms with Crippen LogP contribution in [0.3, 0.4) is 0 Å². The molecule has 1 saturated heterocycles. The summed E-state index contributed by atoms with van der Waals surface area (Å²) in [6.07, 6.45) is 0.162. The Morgan fingerprint density at radius 2 is 2.20 bits per heavy atom. The Bertz CT molecular complexity index is 388. The largest absolute Gasteiger partial charge is 0.314 e. The zero-order valence-corrected chi connectivity index (χ0v) is 8.64. The minimum atomic E-state index is -1.68. The summed E-state index contributed by atoms with van der Waals surface area (Å²) >= 11 is 5.77. The summed E-state index contributed by atoms with van der Waals surface area (Å²) < 4.78 is 27.0. The maximum atomic E-state index is 14.3. The van der Waals surface area contributed by atoms with Gasteiger partial charge in [0.05, 0.1) is 6.54 Å². The van der Waals surface area contributed by atoms with Gasteiger partial charge in [-0.15, -0.1) is 0 Å². The number of alkyl halides is 1. The van der Waals surface area contributed by atoms with Crippen LogP contribution in [0.4, 0.5) is 8.78 Å². The van der Waals surface area contributed by atoms with Gasteiger partial charge in [-0.25, -0.2) is 8.78 Å². The van der Waals surface area contributed by atoms with E-state index in [1.807, 2.05) is 0 Å². The first-order valence-electron chi connectivity index (χ1n) is 4.59. The number of hydroxylamine groups is 2. The molecule has 1 heterocycles. The molecule has 1 aromatic rings. The van der Waals surface area contributed by atoms with E-state index >= 15 is 0 Å². The summed E-state index contributed by atoms with van der Waals surface area (Å²) in [4.78, 5) is 0. The van der Waals surface area contributed by atoms with E-state index in [2.05, 4.69) is 0 Å². The molecule has 1 unspecified atom stereocenters. The van der Waals surface area contributed by atoms with Crippen molar-refractivity contribution in [1.29, 1.82) is 0 Å². The number of benzene rings is 1. The third-order valence-corrected chi connectivity index (χ3v) is 2.93. The highest BCUT2D eigenvalue weighted by Gasteiger charge is 2.41. The van der Waals surface area contributed by atoms with Crippen LogP contribution in [0.2, 0.25) is 5.02 Å². The second kappa shape index (κ2) is 3.70. The molecule has 2 rings (SSSR count). The van der Waals surface area contributed by atoms with Crippen LogP contribution in [0.1, 0.15) is 12.0 Å². The predicted molar refractivity (Wildman–Crippen MR) is 52.2 cm³/mol. The van der Waals surface area contributed by atoms with Crippen molar-refractivity contribution in [2.45, 2.75) is 12.1 Å². The Balaban J connectivity index is 2.37. The number of hydrogen-bond acceptors (Lipinski definition) is 2. The van der Waals surface area contributed by atoms with Gasteiger partial charge in [0.2, 0.25) is 0 Å². The van der Waals surface area contributed by atoms with E-state index in [0.717, 1.165) is 11.1 Å². The molecule has 1 N–H and O–H groups in total. The number of nitrogens with zero attached hydrogens (tertiary/aromatic N) is 1. The highest BCUT2D eigenvalue weighted by atomic mass is 35.5. The van der Waals surface area contributed by atoms with Gasteiger partial charge in [0, 0.05) is 23.6 Å². The molecule has 1 aromatic carbocycles. The molecule has 0 saturated carbocycles. The molecule has 1 atom stereocenters. The molecule has 0 aromatic heterocycles. The van der Waals surface area contributed by atoms with E-state index in [9.17, 15) is 8.78 Å². The summed E-state index contributed by atoms with van der Waals surface area (Å²) in [6.45, 7) is 0.128. The van der Waals surface area contributed by atoms with Crippen molar-refractivity contribution < 1.29 is 14.0 Å². The van der Waals surface area contributed by atoms with Crippen molar-refractivity contribution in [3.63, 3.8) is 0 Å². The molecule has 0 bridgehead atoms. The van der Waals surface area contributed by atoms with E-state index in [0.29, 0.717) is 0 Å². The quantitative estimate of drug-likeness (QED) is 0.806. The van der Waals surface area contributed by atoms with Crippen LogP contribution in [0.5, 0.6) is 0 Å². The van der Waals surface area contributed by atoms with E-state index in [-0.39, 0.29) is 30.1 Å². The minimum absolute atomic E-state index is 0.0628.